The maximum absolute atomic E-state index is 3.45. The molecule has 0 aliphatic carbocycles. The smallest absolute Gasteiger partial charge is 0.0207 e. The summed E-state index contributed by atoms with van der Waals surface area (Å²) >= 11 is 4.79. The summed E-state index contributed by atoms with van der Waals surface area (Å²) in [6.45, 7) is 8.88. The van der Waals surface area contributed by atoms with E-state index in [4.69, 9.17) is 0 Å². The van der Waals surface area contributed by atoms with Gasteiger partial charge in [-0.15, -0.1) is 0 Å². The molecule has 0 aromatic carbocycles. The molecule has 0 atom stereocenters. The van der Waals surface area contributed by atoms with Crippen molar-refractivity contribution >= 4 is 45.7 Å². The highest BCUT2D eigenvalue weighted by atomic mass is 127. The number of hydrogen-bond acceptors (Lipinski definition) is 4. The Kier molecular flexibility index (Phi) is 8.07. The van der Waals surface area contributed by atoms with Crippen molar-refractivity contribution in [3.05, 3.63) is 0 Å². The van der Waals surface area contributed by atoms with Gasteiger partial charge in [-0.05, 0) is 0 Å². The quantitative estimate of drug-likeness (QED) is 0.438. The van der Waals surface area contributed by atoms with E-state index in [-0.39, 0.29) is 0 Å². The van der Waals surface area contributed by atoms with Gasteiger partial charge in [0.15, 0.2) is 0 Å². The molecule has 0 aromatic heterocycles. The SMILES string of the molecule is IN1CCNCCN(I)CCNCC1. The maximum atomic E-state index is 3.45. The van der Waals surface area contributed by atoms with E-state index in [1.807, 2.05) is 0 Å². The zero-order chi connectivity index (χ0) is 10.2. The molecule has 0 radical (unpaired) electrons. The molecule has 1 aliphatic rings. The summed E-state index contributed by atoms with van der Waals surface area (Å²) in [5.74, 6) is 0. The largest absolute Gasteiger partial charge is 0.314 e. The van der Waals surface area contributed by atoms with Crippen LogP contribution in [0.2, 0.25) is 0 Å². The summed E-state index contributed by atoms with van der Waals surface area (Å²) in [6, 6.07) is 0. The van der Waals surface area contributed by atoms with Crippen molar-refractivity contribution in [1.82, 2.24) is 16.9 Å². The van der Waals surface area contributed by atoms with Gasteiger partial charge in [-0.1, -0.05) is 0 Å². The van der Waals surface area contributed by atoms with Crippen molar-refractivity contribution in [1.29, 1.82) is 0 Å². The van der Waals surface area contributed by atoms with Crippen LogP contribution in [0.3, 0.4) is 0 Å². The van der Waals surface area contributed by atoms with Gasteiger partial charge in [-0.25, -0.2) is 6.23 Å². The maximum Gasteiger partial charge on any atom is 0.0207 e. The molecule has 0 spiro atoms. The average Bonchev–Trinajstić information content (AvgIpc) is 2.14. The summed E-state index contributed by atoms with van der Waals surface area (Å²) in [7, 11) is 0. The van der Waals surface area contributed by atoms with Crippen LogP contribution in [0.4, 0.5) is 0 Å². The highest BCUT2D eigenvalue weighted by molar-refractivity contribution is 14.1. The van der Waals surface area contributed by atoms with E-state index in [0.29, 0.717) is 0 Å². The molecule has 1 aliphatic heterocycles. The molecule has 2 N–H and O–H groups in total. The molecule has 14 heavy (non-hydrogen) atoms. The minimum atomic E-state index is 1.09. The Hall–Kier alpha value is 1.30. The second-order valence-corrected chi connectivity index (χ2v) is 6.05. The van der Waals surface area contributed by atoms with Gasteiger partial charge in [-0.2, -0.15) is 0 Å². The topological polar surface area (TPSA) is 30.5 Å². The van der Waals surface area contributed by atoms with Crippen molar-refractivity contribution in [3.63, 3.8) is 0 Å². The lowest BCUT2D eigenvalue weighted by atomic mass is 10.4. The minimum absolute atomic E-state index is 1.09. The van der Waals surface area contributed by atoms with Crippen molar-refractivity contribution < 1.29 is 0 Å². The molecule has 0 unspecified atom stereocenters. The van der Waals surface area contributed by atoms with Gasteiger partial charge in [-0.3, -0.25) is 0 Å². The second-order valence-electron chi connectivity index (χ2n) is 3.32. The average molecular weight is 424 g/mol. The lowest BCUT2D eigenvalue weighted by Gasteiger charge is -2.19. The number of hydrogen-bond donors (Lipinski definition) is 2. The first kappa shape index (κ1) is 13.4. The van der Waals surface area contributed by atoms with Crippen molar-refractivity contribution in [2.24, 2.45) is 0 Å². The molecule has 0 bridgehead atoms. The van der Waals surface area contributed by atoms with Crippen molar-refractivity contribution in [3.8, 4) is 0 Å². The van der Waals surface area contributed by atoms with Crippen LogP contribution in [0.15, 0.2) is 0 Å². The Bertz CT molecular complexity index is 119. The third-order valence-electron chi connectivity index (χ3n) is 2.12. The Balaban J connectivity index is 2.19. The molecule has 0 aromatic rings. The first-order valence-corrected chi connectivity index (χ1v) is 6.95. The van der Waals surface area contributed by atoms with E-state index in [1.54, 1.807) is 0 Å². The first-order valence-electron chi connectivity index (χ1n) is 5.02. The van der Waals surface area contributed by atoms with Crippen LogP contribution in [0.25, 0.3) is 0 Å². The van der Waals surface area contributed by atoms with Gasteiger partial charge in [0.1, 0.15) is 0 Å². The molecular formula is C8H18I2N4. The van der Waals surface area contributed by atoms with Crippen LogP contribution in [0.5, 0.6) is 0 Å². The summed E-state index contributed by atoms with van der Waals surface area (Å²) in [4.78, 5) is 0. The van der Waals surface area contributed by atoms with Gasteiger partial charge >= 0.3 is 0 Å². The van der Waals surface area contributed by atoms with Crippen LogP contribution in [0.1, 0.15) is 0 Å². The molecule has 1 saturated heterocycles. The summed E-state index contributed by atoms with van der Waals surface area (Å²) in [5.41, 5.74) is 0. The fraction of sp³-hybridized carbons (Fsp3) is 1.00. The lowest BCUT2D eigenvalue weighted by molar-refractivity contribution is 0.423. The van der Waals surface area contributed by atoms with Crippen LogP contribution in [0, 0.1) is 0 Å². The van der Waals surface area contributed by atoms with Gasteiger partial charge in [0.25, 0.3) is 0 Å². The van der Waals surface area contributed by atoms with E-state index in [2.05, 4.69) is 62.6 Å². The van der Waals surface area contributed by atoms with Crippen LogP contribution in [-0.2, 0) is 0 Å². The van der Waals surface area contributed by atoms with Crippen molar-refractivity contribution in [2.45, 2.75) is 0 Å². The molecule has 1 heterocycles. The van der Waals surface area contributed by atoms with Crippen LogP contribution >= 0.6 is 45.7 Å². The van der Waals surface area contributed by atoms with Crippen LogP contribution in [-0.4, -0.2) is 58.6 Å². The Morgan fingerprint density at radius 3 is 1.21 bits per heavy atom. The van der Waals surface area contributed by atoms with E-state index in [9.17, 15) is 0 Å². The molecule has 1 fully saturated rings. The molecule has 4 nitrogen and oxygen atoms in total. The zero-order valence-corrected chi connectivity index (χ0v) is 12.6. The lowest BCUT2D eigenvalue weighted by Crippen LogP contribution is -2.37. The fourth-order valence-electron chi connectivity index (χ4n) is 1.28. The third kappa shape index (κ3) is 6.72. The molecule has 0 amide bonds. The number of halogens is 2. The van der Waals surface area contributed by atoms with E-state index < -0.39 is 0 Å². The predicted molar refractivity (Wildman–Crippen MR) is 76.9 cm³/mol. The number of nitrogens with zero attached hydrogens (tertiary/aromatic N) is 2. The summed E-state index contributed by atoms with van der Waals surface area (Å²) in [6.07, 6.45) is 0. The van der Waals surface area contributed by atoms with E-state index >= 15 is 0 Å². The highest BCUT2D eigenvalue weighted by Gasteiger charge is 2.03. The second kappa shape index (κ2) is 8.45. The van der Waals surface area contributed by atoms with E-state index in [1.165, 1.54) is 0 Å². The third-order valence-corrected chi connectivity index (χ3v) is 4.05. The molecule has 0 saturated carbocycles. The first-order chi connectivity index (χ1) is 6.79. The van der Waals surface area contributed by atoms with Crippen molar-refractivity contribution in [2.75, 3.05) is 52.4 Å². The Morgan fingerprint density at radius 2 is 0.929 bits per heavy atom. The van der Waals surface area contributed by atoms with Crippen LogP contribution < -0.4 is 10.6 Å². The molecular weight excluding hydrogens is 406 g/mol. The molecule has 1 rings (SSSR count). The number of nitrogens with one attached hydrogen (secondary N) is 2. The van der Waals surface area contributed by atoms with Gasteiger partial charge in [0, 0.05) is 98.1 Å². The standard InChI is InChI=1S/C8H18I2N4/c9-13-5-1-11-2-6-14(10)8-4-12-3-7-13/h11-12H,1-8H2. The summed E-state index contributed by atoms with van der Waals surface area (Å²) < 4.78 is 4.67. The summed E-state index contributed by atoms with van der Waals surface area (Å²) in [5, 5.41) is 6.90. The Morgan fingerprint density at radius 1 is 0.643 bits per heavy atom. The number of rotatable bonds is 0. The van der Waals surface area contributed by atoms with Gasteiger partial charge < -0.3 is 10.6 Å². The highest BCUT2D eigenvalue weighted by Crippen LogP contribution is 1.98. The fourth-order valence-corrected chi connectivity index (χ4v) is 2.24. The molecule has 84 valence electrons. The van der Waals surface area contributed by atoms with E-state index in [0.717, 1.165) is 52.4 Å². The Labute approximate surface area is 114 Å². The zero-order valence-electron chi connectivity index (χ0n) is 8.31. The van der Waals surface area contributed by atoms with Gasteiger partial charge in [0.05, 0.1) is 0 Å². The molecule has 6 heteroatoms. The monoisotopic (exact) mass is 424 g/mol. The van der Waals surface area contributed by atoms with Gasteiger partial charge in [0.2, 0.25) is 0 Å². The minimum Gasteiger partial charge on any atom is -0.314 e. The predicted octanol–water partition coefficient (Wildman–Crippen LogP) is 0.483. The normalized spacial score (nSPS) is 25.3.